The SMILES string of the molecule is COC(=O)C(C)C(CCC=O)OC(C)=O. The summed E-state index contributed by atoms with van der Waals surface area (Å²) in [5.41, 5.74) is 0. The van der Waals surface area contributed by atoms with E-state index in [4.69, 9.17) is 4.74 Å². The number of esters is 2. The molecule has 0 saturated carbocycles. The van der Waals surface area contributed by atoms with Crippen molar-refractivity contribution >= 4 is 18.2 Å². The summed E-state index contributed by atoms with van der Waals surface area (Å²) < 4.78 is 9.47. The lowest BCUT2D eigenvalue weighted by molar-refractivity contribution is -0.158. The van der Waals surface area contributed by atoms with Crippen LogP contribution in [-0.4, -0.2) is 31.4 Å². The van der Waals surface area contributed by atoms with Crippen LogP contribution in [0.1, 0.15) is 26.7 Å². The van der Waals surface area contributed by atoms with Gasteiger partial charge in [0, 0.05) is 13.3 Å². The first-order valence-electron chi connectivity index (χ1n) is 4.71. The number of carbonyl (C=O) groups excluding carboxylic acids is 3. The van der Waals surface area contributed by atoms with Gasteiger partial charge in [-0.2, -0.15) is 0 Å². The summed E-state index contributed by atoms with van der Waals surface area (Å²) in [5.74, 6) is -1.48. The van der Waals surface area contributed by atoms with Crippen molar-refractivity contribution in [1.29, 1.82) is 0 Å². The summed E-state index contributed by atoms with van der Waals surface area (Å²) in [5, 5.41) is 0. The maximum atomic E-state index is 11.2. The third-order valence-corrected chi connectivity index (χ3v) is 2.02. The molecular formula is C10H16O5. The molecule has 15 heavy (non-hydrogen) atoms. The van der Waals surface area contributed by atoms with Gasteiger partial charge in [0.15, 0.2) is 0 Å². The molecule has 5 nitrogen and oxygen atoms in total. The molecule has 0 bridgehead atoms. The minimum Gasteiger partial charge on any atom is -0.469 e. The molecule has 2 unspecified atom stereocenters. The predicted octanol–water partition coefficient (Wildman–Crippen LogP) is 0.706. The third kappa shape index (κ3) is 5.15. The second-order valence-corrected chi connectivity index (χ2v) is 3.20. The summed E-state index contributed by atoms with van der Waals surface area (Å²) >= 11 is 0. The molecule has 0 aromatic heterocycles. The highest BCUT2D eigenvalue weighted by Crippen LogP contribution is 2.14. The van der Waals surface area contributed by atoms with E-state index in [1.165, 1.54) is 14.0 Å². The average molecular weight is 216 g/mol. The zero-order valence-electron chi connectivity index (χ0n) is 9.19. The number of hydrogen-bond donors (Lipinski definition) is 0. The Balaban J connectivity index is 4.38. The molecule has 0 rings (SSSR count). The van der Waals surface area contributed by atoms with Crippen LogP contribution in [-0.2, 0) is 23.9 Å². The van der Waals surface area contributed by atoms with E-state index in [2.05, 4.69) is 4.74 Å². The standard InChI is InChI=1S/C10H16O5/c1-7(10(13)14-3)9(5-4-6-11)15-8(2)12/h6-7,9H,4-5H2,1-3H3. The molecule has 0 aliphatic carbocycles. The number of methoxy groups -OCH3 is 1. The lowest BCUT2D eigenvalue weighted by Crippen LogP contribution is -2.31. The first-order valence-corrected chi connectivity index (χ1v) is 4.71. The van der Waals surface area contributed by atoms with Crippen molar-refractivity contribution in [1.82, 2.24) is 0 Å². The summed E-state index contributed by atoms with van der Waals surface area (Å²) in [6.07, 6.45) is 0.708. The van der Waals surface area contributed by atoms with Crippen molar-refractivity contribution in [2.75, 3.05) is 7.11 Å². The van der Waals surface area contributed by atoms with Crippen LogP contribution in [0.3, 0.4) is 0 Å². The van der Waals surface area contributed by atoms with E-state index in [0.717, 1.165) is 6.29 Å². The van der Waals surface area contributed by atoms with Gasteiger partial charge < -0.3 is 14.3 Å². The van der Waals surface area contributed by atoms with Crippen LogP contribution in [0.15, 0.2) is 0 Å². The van der Waals surface area contributed by atoms with Gasteiger partial charge in [-0.1, -0.05) is 0 Å². The van der Waals surface area contributed by atoms with E-state index in [-0.39, 0.29) is 6.42 Å². The van der Waals surface area contributed by atoms with Crippen molar-refractivity contribution < 1.29 is 23.9 Å². The summed E-state index contributed by atoms with van der Waals surface area (Å²) in [7, 11) is 1.27. The monoisotopic (exact) mass is 216 g/mol. The van der Waals surface area contributed by atoms with Gasteiger partial charge in [-0.05, 0) is 13.3 Å². The Morgan fingerprint density at radius 1 is 1.40 bits per heavy atom. The number of carbonyl (C=O) groups is 3. The molecule has 0 aliphatic rings. The lowest BCUT2D eigenvalue weighted by Gasteiger charge is -2.20. The molecule has 5 heteroatoms. The van der Waals surface area contributed by atoms with Crippen LogP contribution in [0.2, 0.25) is 0 Å². The van der Waals surface area contributed by atoms with Crippen molar-refractivity contribution in [3.8, 4) is 0 Å². The van der Waals surface area contributed by atoms with Crippen LogP contribution in [0, 0.1) is 5.92 Å². The molecule has 0 radical (unpaired) electrons. The van der Waals surface area contributed by atoms with Gasteiger partial charge in [0.25, 0.3) is 0 Å². The van der Waals surface area contributed by atoms with Crippen molar-refractivity contribution in [3.05, 3.63) is 0 Å². The van der Waals surface area contributed by atoms with Crippen LogP contribution in [0.5, 0.6) is 0 Å². The van der Waals surface area contributed by atoms with E-state index in [1.807, 2.05) is 0 Å². The molecular weight excluding hydrogens is 200 g/mol. The highest BCUT2D eigenvalue weighted by atomic mass is 16.6. The van der Waals surface area contributed by atoms with Crippen molar-refractivity contribution in [2.24, 2.45) is 5.92 Å². The van der Waals surface area contributed by atoms with Crippen LogP contribution < -0.4 is 0 Å². The maximum absolute atomic E-state index is 11.2. The average Bonchev–Trinajstić information content (AvgIpc) is 2.21. The Kier molecular flexibility index (Phi) is 6.33. The third-order valence-electron chi connectivity index (χ3n) is 2.02. The summed E-state index contributed by atoms with van der Waals surface area (Å²) in [6.45, 7) is 2.86. The van der Waals surface area contributed by atoms with Crippen molar-refractivity contribution in [2.45, 2.75) is 32.8 Å². The number of rotatable bonds is 6. The molecule has 0 aromatic carbocycles. The van der Waals surface area contributed by atoms with E-state index in [9.17, 15) is 14.4 Å². The first kappa shape index (κ1) is 13.6. The van der Waals surface area contributed by atoms with E-state index >= 15 is 0 Å². The zero-order chi connectivity index (χ0) is 11.8. The fourth-order valence-corrected chi connectivity index (χ4v) is 1.19. The fourth-order valence-electron chi connectivity index (χ4n) is 1.19. The first-order chi connectivity index (χ1) is 7.02. The largest absolute Gasteiger partial charge is 0.469 e. The molecule has 0 spiro atoms. The molecule has 0 amide bonds. The van der Waals surface area contributed by atoms with Crippen LogP contribution in [0.4, 0.5) is 0 Å². The van der Waals surface area contributed by atoms with Gasteiger partial charge in [0.05, 0.1) is 13.0 Å². The van der Waals surface area contributed by atoms with Gasteiger partial charge in [0.1, 0.15) is 12.4 Å². The van der Waals surface area contributed by atoms with E-state index in [0.29, 0.717) is 6.42 Å². The lowest BCUT2D eigenvalue weighted by atomic mass is 10.0. The topological polar surface area (TPSA) is 69.7 Å². The van der Waals surface area contributed by atoms with Gasteiger partial charge >= 0.3 is 11.9 Å². The normalized spacial score (nSPS) is 13.8. The number of hydrogen-bond acceptors (Lipinski definition) is 5. The van der Waals surface area contributed by atoms with Gasteiger partial charge in [0.2, 0.25) is 0 Å². The van der Waals surface area contributed by atoms with Crippen LogP contribution >= 0.6 is 0 Å². The Hall–Kier alpha value is -1.39. The summed E-state index contributed by atoms with van der Waals surface area (Å²) in [6, 6.07) is 0. The highest BCUT2D eigenvalue weighted by molar-refractivity contribution is 5.73. The zero-order valence-corrected chi connectivity index (χ0v) is 9.19. The molecule has 2 atom stereocenters. The second kappa shape index (κ2) is 6.98. The summed E-state index contributed by atoms with van der Waals surface area (Å²) in [4.78, 5) is 32.2. The highest BCUT2D eigenvalue weighted by Gasteiger charge is 2.26. The van der Waals surface area contributed by atoms with Gasteiger partial charge in [-0.15, -0.1) is 0 Å². The minimum atomic E-state index is -0.597. The molecule has 86 valence electrons. The number of ether oxygens (including phenoxy) is 2. The molecule has 0 N–H and O–H groups in total. The minimum absolute atomic E-state index is 0.249. The van der Waals surface area contributed by atoms with Crippen LogP contribution in [0.25, 0.3) is 0 Å². The van der Waals surface area contributed by atoms with Gasteiger partial charge in [-0.25, -0.2) is 0 Å². The quantitative estimate of drug-likeness (QED) is 0.483. The Morgan fingerprint density at radius 2 is 2.00 bits per heavy atom. The smallest absolute Gasteiger partial charge is 0.312 e. The molecule has 0 heterocycles. The van der Waals surface area contributed by atoms with E-state index in [1.54, 1.807) is 6.92 Å². The van der Waals surface area contributed by atoms with Gasteiger partial charge in [-0.3, -0.25) is 9.59 Å². The molecule has 0 fully saturated rings. The number of aldehydes is 1. The molecule has 0 saturated heterocycles. The Bertz CT molecular complexity index is 236. The maximum Gasteiger partial charge on any atom is 0.312 e. The Morgan fingerprint density at radius 3 is 2.40 bits per heavy atom. The van der Waals surface area contributed by atoms with Crippen molar-refractivity contribution in [3.63, 3.8) is 0 Å². The van der Waals surface area contributed by atoms with E-state index < -0.39 is 24.0 Å². The Labute approximate surface area is 88.7 Å². The molecule has 0 aromatic rings. The fraction of sp³-hybridized carbons (Fsp3) is 0.700. The second-order valence-electron chi connectivity index (χ2n) is 3.20. The predicted molar refractivity (Wildman–Crippen MR) is 52.0 cm³/mol. The molecule has 0 aliphatic heterocycles.